The molecule has 0 saturated carbocycles. The molecule has 1 fully saturated rings. The van der Waals surface area contributed by atoms with Gasteiger partial charge in [-0.2, -0.15) is 0 Å². The van der Waals surface area contributed by atoms with E-state index in [4.69, 9.17) is 9.47 Å². The first-order valence-electron chi connectivity index (χ1n) is 9.48. The van der Waals surface area contributed by atoms with Crippen LogP contribution in [0.25, 0.3) is 0 Å². The highest BCUT2D eigenvalue weighted by molar-refractivity contribution is 5.79. The Hall–Kier alpha value is -1.54. The molecule has 8 nitrogen and oxygen atoms in total. The highest BCUT2D eigenvalue weighted by Gasteiger charge is 2.34. The summed E-state index contributed by atoms with van der Waals surface area (Å²) >= 11 is 0. The van der Waals surface area contributed by atoms with Crippen molar-refractivity contribution in [3.63, 3.8) is 0 Å². The first kappa shape index (κ1) is 22.5. The molecule has 1 aliphatic heterocycles. The van der Waals surface area contributed by atoms with Gasteiger partial charge in [-0.3, -0.25) is 4.99 Å². The molecule has 1 rings (SSSR count). The van der Waals surface area contributed by atoms with Gasteiger partial charge >= 0.3 is 6.09 Å². The lowest BCUT2D eigenvalue weighted by Crippen LogP contribution is -2.40. The van der Waals surface area contributed by atoms with Gasteiger partial charge < -0.3 is 30.5 Å². The number of rotatable bonds is 9. The third-order valence-corrected chi connectivity index (χ3v) is 4.06. The minimum absolute atomic E-state index is 0.0601. The van der Waals surface area contributed by atoms with Crippen LogP contribution in [0.3, 0.4) is 0 Å². The smallest absolute Gasteiger partial charge is 0.407 e. The monoisotopic (exact) mass is 372 g/mol. The molecule has 1 unspecified atom stereocenters. The molecule has 1 amide bonds. The van der Waals surface area contributed by atoms with E-state index in [-0.39, 0.29) is 12.0 Å². The third-order valence-electron chi connectivity index (χ3n) is 4.06. The summed E-state index contributed by atoms with van der Waals surface area (Å²) in [5.74, 6) is 0.744. The van der Waals surface area contributed by atoms with Gasteiger partial charge in [-0.25, -0.2) is 4.79 Å². The van der Waals surface area contributed by atoms with Gasteiger partial charge in [-0.1, -0.05) is 0 Å². The van der Waals surface area contributed by atoms with Gasteiger partial charge in [0.05, 0.1) is 13.2 Å². The highest BCUT2D eigenvalue weighted by atomic mass is 16.6. The van der Waals surface area contributed by atoms with Crippen LogP contribution >= 0.6 is 0 Å². The van der Waals surface area contributed by atoms with Crippen molar-refractivity contribution in [1.82, 2.24) is 16.0 Å². The van der Waals surface area contributed by atoms with Crippen molar-refractivity contribution < 1.29 is 19.4 Å². The quantitative estimate of drug-likeness (QED) is 0.276. The summed E-state index contributed by atoms with van der Waals surface area (Å²) in [6.07, 6.45) is 1.99. The topological polar surface area (TPSA) is 104 Å². The molecule has 26 heavy (non-hydrogen) atoms. The van der Waals surface area contributed by atoms with Crippen LogP contribution in [0.4, 0.5) is 4.79 Å². The number of alkyl carbamates (subject to hydrolysis) is 1. The minimum atomic E-state index is -0.484. The standard InChI is InChI=1S/C18H36N4O4/c1-5-19-15(22-13-18(7-11-23)8-12-25-14-18)20-9-6-10-21-16(24)26-17(2,3)4/h23H,5-14H2,1-4H3,(H,21,24)(H2,19,20,22). The molecule has 152 valence electrons. The van der Waals surface area contributed by atoms with E-state index < -0.39 is 11.7 Å². The van der Waals surface area contributed by atoms with Gasteiger partial charge in [0.2, 0.25) is 0 Å². The van der Waals surface area contributed by atoms with Crippen molar-refractivity contribution in [2.75, 3.05) is 46.0 Å². The Kier molecular flexibility index (Phi) is 9.72. The van der Waals surface area contributed by atoms with Gasteiger partial charge in [0.1, 0.15) is 5.60 Å². The van der Waals surface area contributed by atoms with Crippen molar-refractivity contribution in [2.45, 2.75) is 52.6 Å². The zero-order valence-corrected chi connectivity index (χ0v) is 16.7. The van der Waals surface area contributed by atoms with Crippen molar-refractivity contribution in [2.24, 2.45) is 10.4 Å². The second kappa shape index (κ2) is 11.2. The molecule has 0 radical (unpaired) electrons. The van der Waals surface area contributed by atoms with E-state index in [2.05, 4.69) is 20.9 Å². The molecule has 4 N–H and O–H groups in total. The largest absolute Gasteiger partial charge is 0.444 e. The normalized spacial score (nSPS) is 20.7. The Morgan fingerprint density at radius 2 is 2.00 bits per heavy atom. The molecule has 1 heterocycles. The fourth-order valence-corrected chi connectivity index (χ4v) is 2.68. The molecule has 0 spiro atoms. The Balaban J connectivity index is 2.35. The molecule has 0 bridgehead atoms. The molecule has 1 aliphatic rings. The fourth-order valence-electron chi connectivity index (χ4n) is 2.68. The second-order valence-electron chi connectivity index (χ2n) is 7.68. The lowest BCUT2D eigenvalue weighted by Gasteiger charge is -2.24. The van der Waals surface area contributed by atoms with E-state index in [1.54, 1.807) is 0 Å². The van der Waals surface area contributed by atoms with Crippen LogP contribution in [0, 0.1) is 5.41 Å². The van der Waals surface area contributed by atoms with E-state index in [0.29, 0.717) is 32.7 Å². The molecule has 0 aromatic heterocycles. The number of hydrogen-bond donors (Lipinski definition) is 4. The van der Waals surface area contributed by atoms with E-state index in [9.17, 15) is 9.90 Å². The Morgan fingerprint density at radius 1 is 1.27 bits per heavy atom. The predicted molar refractivity (Wildman–Crippen MR) is 102 cm³/mol. The predicted octanol–water partition coefficient (Wildman–Crippen LogP) is 1.25. The Morgan fingerprint density at radius 3 is 2.58 bits per heavy atom. The molecule has 0 aromatic carbocycles. The molecular weight excluding hydrogens is 336 g/mol. The maximum atomic E-state index is 11.6. The first-order chi connectivity index (χ1) is 12.3. The molecular formula is C18H36N4O4. The van der Waals surface area contributed by atoms with Crippen molar-refractivity contribution in [3.8, 4) is 0 Å². The van der Waals surface area contributed by atoms with E-state index >= 15 is 0 Å². The summed E-state index contributed by atoms with van der Waals surface area (Å²) in [4.78, 5) is 16.2. The summed E-state index contributed by atoms with van der Waals surface area (Å²) in [6, 6.07) is 0. The summed E-state index contributed by atoms with van der Waals surface area (Å²) in [5, 5.41) is 18.5. The van der Waals surface area contributed by atoms with Crippen LogP contribution in [0.1, 0.15) is 47.0 Å². The number of nitrogens with one attached hydrogen (secondary N) is 3. The maximum absolute atomic E-state index is 11.6. The molecule has 0 aromatic rings. The summed E-state index contributed by atoms with van der Waals surface area (Å²) in [5.41, 5.74) is -0.545. The van der Waals surface area contributed by atoms with Crippen LogP contribution in [0.2, 0.25) is 0 Å². The zero-order chi connectivity index (χ0) is 19.5. The summed E-state index contributed by atoms with van der Waals surface area (Å²) in [6.45, 7) is 11.7. The van der Waals surface area contributed by atoms with Gasteiger partial charge in [0, 0.05) is 38.3 Å². The summed E-state index contributed by atoms with van der Waals surface area (Å²) in [7, 11) is 0. The van der Waals surface area contributed by atoms with Crippen LogP contribution in [0.5, 0.6) is 0 Å². The van der Waals surface area contributed by atoms with Crippen LogP contribution in [-0.4, -0.2) is 68.8 Å². The molecule has 0 aliphatic carbocycles. The Bertz CT molecular complexity index is 443. The van der Waals surface area contributed by atoms with Crippen LogP contribution < -0.4 is 16.0 Å². The third kappa shape index (κ3) is 9.24. The van der Waals surface area contributed by atoms with Crippen LogP contribution in [-0.2, 0) is 9.47 Å². The minimum Gasteiger partial charge on any atom is -0.444 e. The number of hydrogen-bond acceptors (Lipinski definition) is 5. The zero-order valence-electron chi connectivity index (χ0n) is 16.7. The van der Waals surface area contributed by atoms with Crippen LogP contribution in [0.15, 0.2) is 4.99 Å². The SMILES string of the molecule is CCNC(=NCC1(CCO)CCOC1)NCCCNC(=O)OC(C)(C)C. The van der Waals surface area contributed by atoms with Gasteiger partial charge in [-0.15, -0.1) is 0 Å². The number of aliphatic hydroxyl groups excluding tert-OH is 1. The average molecular weight is 373 g/mol. The fraction of sp³-hybridized carbons (Fsp3) is 0.889. The lowest BCUT2D eigenvalue weighted by molar-refractivity contribution is 0.0527. The second-order valence-corrected chi connectivity index (χ2v) is 7.68. The summed E-state index contributed by atoms with van der Waals surface area (Å²) < 4.78 is 10.7. The van der Waals surface area contributed by atoms with E-state index in [0.717, 1.165) is 32.0 Å². The molecule has 1 saturated heterocycles. The number of aliphatic imine (C=N–C) groups is 1. The van der Waals surface area contributed by atoms with Crippen molar-refractivity contribution in [1.29, 1.82) is 0 Å². The highest BCUT2D eigenvalue weighted by Crippen LogP contribution is 2.32. The number of ether oxygens (including phenoxy) is 2. The average Bonchev–Trinajstić information content (AvgIpc) is 3.00. The lowest BCUT2D eigenvalue weighted by atomic mass is 9.84. The molecule has 1 atom stereocenters. The number of guanidine groups is 1. The van der Waals surface area contributed by atoms with Gasteiger partial charge in [0.25, 0.3) is 0 Å². The number of nitrogens with zero attached hydrogens (tertiary/aromatic N) is 1. The van der Waals surface area contributed by atoms with Gasteiger partial charge in [-0.05, 0) is 47.0 Å². The number of carbonyl (C=O) groups is 1. The number of carbonyl (C=O) groups excluding carboxylic acids is 1. The van der Waals surface area contributed by atoms with Crippen molar-refractivity contribution in [3.05, 3.63) is 0 Å². The van der Waals surface area contributed by atoms with Gasteiger partial charge in [0.15, 0.2) is 5.96 Å². The number of aliphatic hydroxyl groups is 1. The first-order valence-corrected chi connectivity index (χ1v) is 9.48. The van der Waals surface area contributed by atoms with E-state index in [1.807, 2.05) is 27.7 Å². The maximum Gasteiger partial charge on any atom is 0.407 e. The van der Waals surface area contributed by atoms with Crippen molar-refractivity contribution >= 4 is 12.1 Å². The van der Waals surface area contributed by atoms with E-state index in [1.165, 1.54) is 0 Å². The molecule has 8 heteroatoms. The Labute approximate surface area is 157 Å². The number of amides is 1.